The Morgan fingerprint density at radius 1 is 1.29 bits per heavy atom. The van der Waals surface area contributed by atoms with E-state index in [0.717, 1.165) is 6.42 Å². The highest BCUT2D eigenvalue weighted by molar-refractivity contribution is 5.81. The minimum absolute atomic E-state index is 0.00136. The second-order valence-corrected chi connectivity index (χ2v) is 2.36. The fourth-order valence-electron chi connectivity index (χ4n) is 0.606. The van der Waals surface area contributed by atoms with Crippen LogP contribution in [0.25, 0.3) is 0 Å². The Labute approximate surface area is 82.3 Å². The van der Waals surface area contributed by atoms with E-state index >= 15 is 0 Å². The van der Waals surface area contributed by atoms with Crippen LogP contribution in [0.2, 0.25) is 0 Å². The van der Waals surface area contributed by atoms with Crippen LogP contribution in [-0.4, -0.2) is 36.9 Å². The topological polar surface area (TPSA) is 72.8 Å². The van der Waals surface area contributed by atoms with Crippen molar-refractivity contribution < 1.29 is 24.2 Å². The summed E-state index contributed by atoms with van der Waals surface area (Å²) in [5, 5.41) is 8.27. The number of aliphatic hydroxyl groups excluding tert-OH is 1. The molecule has 5 heteroatoms. The van der Waals surface area contributed by atoms with Gasteiger partial charge in [0.05, 0.1) is 0 Å². The molecule has 0 unspecified atom stereocenters. The maximum absolute atomic E-state index is 10.8. The summed E-state index contributed by atoms with van der Waals surface area (Å²) in [6, 6.07) is 0. The number of carbonyl (C=O) groups is 2. The summed E-state index contributed by atoms with van der Waals surface area (Å²) < 4.78 is 9.11. The van der Waals surface area contributed by atoms with E-state index in [9.17, 15) is 9.59 Å². The molecule has 0 amide bonds. The summed E-state index contributed by atoms with van der Waals surface area (Å²) in [7, 11) is 0. The monoisotopic (exact) mass is 202 g/mol. The zero-order valence-electron chi connectivity index (χ0n) is 8.06. The van der Waals surface area contributed by atoms with E-state index in [1.165, 1.54) is 6.08 Å². The normalized spacial score (nSPS) is 10.1. The minimum Gasteiger partial charge on any atom is -0.460 e. The standard InChI is InChI=1S/C9H14O5/c1-2-3-4-8(11)13-5-6-14-9(12)7-10/h3-4,10H,2,5-7H2,1H3. The van der Waals surface area contributed by atoms with Crippen LogP contribution in [0.1, 0.15) is 13.3 Å². The van der Waals surface area contributed by atoms with Crippen molar-refractivity contribution in [3.8, 4) is 0 Å². The summed E-state index contributed by atoms with van der Waals surface area (Å²) in [4.78, 5) is 21.2. The SMILES string of the molecule is CCC=CC(=O)OCCOC(=O)CO. The van der Waals surface area contributed by atoms with Gasteiger partial charge >= 0.3 is 11.9 Å². The lowest BCUT2D eigenvalue weighted by atomic mass is 10.4. The average Bonchev–Trinajstić information content (AvgIpc) is 2.21. The number of hydrogen-bond donors (Lipinski definition) is 1. The first-order valence-corrected chi connectivity index (χ1v) is 4.30. The van der Waals surface area contributed by atoms with Gasteiger partial charge in [0.2, 0.25) is 0 Å². The molecule has 0 bridgehead atoms. The number of allylic oxidation sites excluding steroid dienone is 1. The largest absolute Gasteiger partial charge is 0.460 e. The molecule has 0 rings (SSSR count). The van der Waals surface area contributed by atoms with Crippen LogP contribution in [0.15, 0.2) is 12.2 Å². The predicted molar refractivity (Wildman–Crippen MR) is 48.4 cm³/mol. The van der Waals surface area contributed by atoms with Crippen LogP contribution in [0.4, 0.5) is 0 Å². The van der Waals surface area contributed by atoms with Crippen molar-refractivity contribution in [2.75, 3.05) is 19.8 Å². The molecule has 0 aliphatic rings. The molecule has 0 saturated carbocycles. The average molecular weight is 202 g/mol. The second kappa shape index (κ2) is 8.25. The van der Waals surface area contributed by atoms with E-state index in [-0.39, 0.29) is 13.2 Å². The summed E-state index contributed by atoms with van der Waals surface area (Å²) >= 11 is 0. The fraction of sp³-hybridized carbons (Fsp3) is 0.556. The van der Waals surface area contributed by atoms with Crippen molar-refractivity contribution in [1.29, 1.82) is 0 Å². The summed E-state index contributed by atoms with van der Waals surface area (Å²) in [6.07, 6.45) is 3.74. The highest BCUT2D eigenvalue weighted by Gasteiger charge is 2.00. The summed E-state index contributed by atoms with van der Waals surface area (Å²) in [6.45, 7) is 1.19. The van der Waals surface area contributed by atoms with Gasteiger partial charge in [0.1, 0.15) is 19.8 Å². The third-order valence-electron chi connectivity index (χ3n) is 1.21. The molecule has 80 valence electrons. The van der Waals surface area contributed by atoms with Crippen LogP contribution >= 0.6 is 0 Å². The predicted octanol–water partition coefficient (Wildman–Crippen LogP) is 0.0313. The summed E-state index contributed by atoms with van der Waals surface area (Å²) in [5.41, 5.74) is 0. The first-order valence-electron chi connectivity index (χ1n) is 4.30. The number of aliphatic hydroxyl groups is 1. The molecule has 0 heterocycles. The van der Waals surface area contributed by atoms with Gasteiger partial charge in [0, 0.05) is 6.08 Å². The number of carbonyl (C=O) groups excluding carboxylic acids is 2. The third kappa shape index (κ3) is 7.30. The van der Waals surface area contributed by atoms with Gasteiger partial charge in [0.15, 0.2) is 0 Å². The Morgan fingerprint density at radius 3 is 2.50 bits per heavy atom. The smallest absolute Gasteiger partial charge is 0.331 e. The van der Waals surface area contributed by atoms with Crippen molar-refractivity contribution in [3.05, 3.63) is 12.2 Å². The van der Waals surface area contributed by atoms with E-state index < -0.39 is 18.5 Å². The lowest BCUT2D eigenvalue weighted by Crippen LogP contribution is -2.14. The molecule has 0 aromatic rings. The van der Waals surface area contributed by atoms with E-state index in [0.29, 0.717) is 0 Å². The van der Waals surface area contributed by atoms with Crippen LogP contribution in [0, 0.1) is 0 Å². The van der Waals surface area contributed by atoms with Crippen molar-refractivity contribution in [1.82, 2.24) is 0 Å². The van der Waals surface area contributed by atoms with Gasteiger partial charge in [-0.15, -0.1) is 0 Å². The molecule has 5 nitrogen and oxygen atoms in total. The number of ether oxygens (including phenoxy) is 2. The lowest BCUT2D eigenvalue weighted by molar-refractivity contribution is -0.151. The van der Waals surface area contributed by atoms with Crippen LogP contribution in [0.3, 0.4) is 0 Å². The molecule has 14 heavy (non-hydrogen) atoms. The number of hydrogen-bond acceptors (Lipinski definition) is 5. The Bertz CT molecular complexity index is 209. The Hall–Kier alpha value is -1.36. The van der Waals surface area contributed by atoms with E-state index in [1.54, 1.807) is 6.08 Å². The molecular weight excluding hydrogens is 188 g/mol. The van der Waals surface area contributed by atoms with Crippen LogP contribution < -0.4 is 0 Å². The molecule has 0 fully saturated rings. The molecule has 0 aliphatic heterocycles. The second-order valence-electron chi connectivity index (χ2n) is 2.36. The number of rotatable bonds is 6. The Kier molecular flexibility index (Phi) is 7.45. The number of esters is 2. The fourth-order valence-corrected chi connectivity index (χ4v) is 0.606. The Morgan fingerprint density at radius 2 is 1.93 bits per heavy atom. The zero-order valence-corrected chi connectivity index (χ0v) is 8.06. The van der Waals surface area contributed by atoms with Gasteiger partial charge in [-0.25, -0.2) is 9.59 Å². The maximum atomic E-state index is 10.8. The molecule has 0 aromatic carbocycles. The minimum atomic E-state index is -0.731. The van der Waals surface area contributed by atoms with Gasteiger partial charge in [-0.05, 0) is 6.42 Å². The Balaban J connectivity index is 3.40. The molecule has 0 aromatic heterocycles. The van der Waals surface area contributed by atoms with Crippen molar-refractivity contribution >= 4 is 11.9 Å². The molecule has 0 saturated heterocycles. The third-order valence-corrected chi connectivity index (χ3v) is 1.21. The van der Waals surface area contributed by atoms with Gasteiger partial charge in [0.25, 0.3) is 0 Å². The first-order chi connectivity index (χ1) is 6.70. The maximum Gasteiger partial charge on any atom is 0.331 e. The molecular formula is C9H14O5. The van der Waals surface area contributed by atoms with Crippen molar-refractivity contribution in [2.24, 2.45) is 0 Å². The van der Waals surface area contributed by atoms with E-state index in [2.05, 4.69) is 9.47 Å². The lowest BCUT2D eigenvalue weighted by Gasteiger charge is -2.02. The van der Waals surface area contributed by atoms with E-state index in [4.69, 9.17) is 5.11 Å². The molecule has 0 spiro atoms. The molecule has 0 radical (unpaired) electrons. The van der Waals surface area contributed by atoms with E-state index in [1.807, 2.05) is 6.92 Å². The molecule has 1 N–H and O–H groups in total. The van der Waals surface area contributed by atoms with Crippen LogP contribution in [-0.2, 0) is 19.1 Å². The molecule has 0 aliphatic carbocycles. The summed E-state index contributed by atoms with van der Waals surface area (Å²) in [5.74, 6) is -1.20. The van der Waals surface area contributed by atoms with Crippen LogP contribution in [0.5, 0.6) is 0 Å². The van der Waals surface area contributed by atoms with Crippen molar-refractivity contribution in [2.45, 2.75) is 13.3 Å². The highest BCUT2D eigenvalue weighted by atomic mass is 16.6. The first kappa shape index (κ1) is 12.6. The van der Waals surface area contributed by atoms with Gasteiger partial charge < -0.3 is 14.6 Å². The zero-order chi connectivity index (χ0) is 10.8. The van der Waals surface area contributed by atoms with Gasteiger partial charge in [-0.2, -0.15) is 0 Å². The molecule has 0 atom stereocenters. The highest BCUT2D eigenvalue weighted by Crippen LogP contribution is 1.86. The van der Waals surface area contributed by atoms with Crippen molar-refractivity contribution in [3.63, 3.8) is 0 Å². The van der Waals surface area contributed by atoms with Gasteiger partial charge in [-0.3, -0.25) is 0 Å². The quantitative estimate of drug-likeness (QED) is 0.374. The van der Waals surface area contributed by atoms with Gasteiger partial charge in [-0.1, -0.05) is 13.0 Å².